The van der Waals surface area contributed by atoms with Crippen molar-refractivity contribution in [1.29, 1.82) is 0 Å². The second-order valence-corrected chi connectivity index (χ2v) is 18.0. The fourth-order valence-electron chi connectivity index (χ4n) is 6.49. The zero-order valence-electron chi connectivity index (χ0n) is 31.2. The van der Waals surface area contributed by atoms with Crippen LogP contribution in [0.5, 0.6) is 0 Å². The summed E-state index contributed by atoms with van der Waals surface area (Å²) in [6.45, 7) is 13.2. The van der Waals surface area contributed by atoms with Crippen LogP contribution in [0.2, 0.25) is 13.1 Å². The van der Waals surface area contributed by atoms with Crippen molar-refractivity contribution in [2.75, 3.05) is 0 Å². The van der Waals surface area contributed by atoms with Crippen molar-refractivity contribution in [2.24, 2.45) is 0 Å². The van der Waals surface area contributed by atoms with Gasteiger partial charge in [-0.1, -0.05) is 151 Å². The molecule has 0 fully saturated rings. The van der Waals surface area contributed by atoms with Crippen molar-refractivity contribution >= 4 is 48.1 Å². The van der Waals surface area contributed by atoms with E-state index >= 15 is 0 Å². The van der Waals surface area contributed by atoms with Gasteiger partial charge in [-0.2, -0.15) is 12.1 Å². The molecule has 0 atom stereocenters. The van der Waals surface area contributed by atoms with Crippen molar-refractivity contribution in [3.63, 3.8) is 0 Å². The molecular weight excluding hydrogens is 743 g/mol. The minimum atomic E-state index is -0.826. The molecule has 0 N–H and O–H groups in total. The van der Waals surface area contributed by atoms with Crippen molar-refractivity contribution in [2.45, 2.75) is 105 Å². The molecule has 6 aromatic rings. The number of fused-ring (bicyclic) bond motifs is 2. The average Bonchev–Trinajstić information content (AvgIpc) is 3.71. The Labute approximate surface area is 325 Å². The van der Waals surface area contributed by atoms with Crippen molar-refractivity contribution in [3.05, 3.63) is 131 Å². The maximum atomic E-state index is 4.93. The molecule has 0 amide bonds. The maximum absolute atomic E-state index is 4.93. The van der Waals surface area contributed by atoms with E-state index in [2.05, 4.69) is 150 Å². The van der Waals surface area contributed by atoms with Gasteiger partial charge >= 0.3 is 37.9 Å². The molecule has 4 heteroatoms. The van der Waals surface area contributed by atoms with E-state index in [-0.39, 0.29) is 0 Å². The molecule has 6 rings (SSSR count). The summed E-state index contributed by atoms with van der Waals surface area (Å²) in [5, 5.41) is 5.43. The van der Waals surface area contributed by atoms with Crippen molar-refractivity contribution in [1.82, 2.24) is 0 Å². The van der Waals surface area contributed by atoms with Gasteiger partial charge in [-0.05, 0) is 47.9 Å². The van der Waals surface area contributed by atoms with Gasteiger partial charge in [0.1, 0.15) is 0 Å². The Balaban J connectivity index is 0.000000234. The Morgan fingerprint density at radius 2 is 0.900 bits per heavy atom. The van der Waals surface area contributed by atoms with E-state index in [1.54, 1.807) is 0 Å². The summed E-state index contributed by atoms with van der Waals surface area (Å²) >= 11 is -0.826. The third kappa shape index (κ3) is 13.7. The van der Waals surface area contributed by atoms with Gasteiger partial charge in [0.15, 0.2) is 0 Å². The number of halogens is 2. The first-order chi connectivity index (χ1) is 24.4. The van der Waals surface area contributed by atoms with Crippen LogP contribution in [0.4, 0.5) is 0 Å². The zero-order valence-corrected chi connectivity index (χ0v) is 36.2. The number of benzene rings is 4. The van der Waals surface area contributed by atoms with Crippen LogP contribution in [0.3, 0.4) is 0 Å². The Kier molecular flexibility index (Phi) is 20.3. The fourth-order valence-corrected chi connectivity index (χ4v) is 6.49. The molecule has 0 unspecified atom stereocenters. The molecule has 0 aromatic heterocycles. The number of hydrogen-bond acceptors (Lipinski definition) is 0. The van der Waals surface area contributed by atoms with Gasteiger partial charge in [-0.3, -0.25) is 0 Å². The van der Waals surface area contributed by atoms with Crippen LogP contribution in [0, 0.1) is 13.8 Å². The van der Waals surface area contributed by atoms with Gasteiger partial charge in [0.05, 0.1) is 0 Å². The van der Waals surface area contributed by atoms with Crippen LogP contribution in [0.25, 0.3) is 43.8 Å². The molecule has 0 saturated heterocycles. The van der Waals surface area contributed by atoms with Crippen LogP contribution in [0.1, 0.15) is 87.5 Å². The number of aryl methyl sites for hydroxylation is 4. The molecule has 0 heterocycles. The van der Waals surface area contributed by atoms with Gasteiger partial charge in [-0.15, -0.1) is 69.1 Å². The molecule has 0 aliphatic heterocycles. The molecule has 50 heavy (non-hydrogen) atoms. The Morgan fingerprint density at radius 3 is 1.24 bits per heavy atom. The van der Waals surface area contributed by atoms with Gasteiger partial charge in [-0.25, -0.2) is 0 Å². The van der Waals surface area contributed by atoms with E-state index in [9.17, 15) is 0 Å². The van der Waals surface area contributed by atoms with E-state index < -0.39 is 20.8 Å². The molecule has 0 bridgehead atoms. The predicted molar refractivity (Wildman–Crippen MR) is 224 cm³/mol. The molecule has 262 valence electrons. The van der Waals surface area contributed by atoms with Gasteiger partial charge in [0.25, 0.3) is 0 Å². The Bertz CT molecular complexity index is 1650. The molecule has 6 aromatic carbocycles. The third-order valence-electron chi connectivity index (χ3n) is 8.96. The van der Waals surface area contributed by atoms with Crippen LogP contribution in [-0.4, -0.2) is 9.52 Å². The molecular formula is C46H56Cl2SiZr. The summed E-state index contributed by atoms with van der Waals surface area (Å²) in [6.07, 6.45) is 13.1. The van der Waals surface area contributed by atoms with Crippen LogP contribution in [-0.2, 0) is 33.7 Å². The Morgan fingerprint density at radius 1 is 0.540 bits per heavy atom. The predicted octanol–water partition coefficient (Wildman–Crippen LogP) is 15.5. The van der Waals surface area contributed by atoms with E-state index in [4.69, 9.17) is 17.0 Å². The summed E-state index contributed by atoms with van der Waals surface area (Å²) in [5.41, 5.74) is 11.0. The van der Waals surface area contributed by atoms with Crippen molar-refractivity contribution in [3.8, 4) is 22.3 Å². The summed E-state index contributed by atoms with van der Waals surface area (Å²) in [4.78, 5) is 0. The molecule has 0 aliphatic carbocycles. The van der Waals surface area contributed by atoms with Crippen LogP contribution < -0.4 is 0 Å². The summed E-state index contributed by atoms with van der Waals surface area (Å²) in [7, 11) is 11.0. The first-order valence-electron chi connectivity index (χ1n) is 18.4. The second kappa shape index (κ2) is 24.1. The third-order valence-corrected chi connectivity index (χ3v) is 8.96. The SMILES string of the molecule is CCCCCCc1ccc(-c2cccc3[cH-]c(C)cc23)cc1.CCCCCCc1ccc(-c2cccc3[cH-]c(C)cc23)cc1.C[Si]C.[Cl][Zr+2][Cl]. The normalized spacial score (nSPS) is 10.4. The molecule has 0 aliphatic rings. The topological polar surface area (TPSA) is 0 Å². The minimum absolute atomic E-state index is 0.826. The van der Waals surface area contributed by atoms with Gasteiger partial charge < -0.3 is 0 Å². The quantitative estimate of drug-likeness (QED) is 0.0657. The molecule has 2 radical (unpaired) electrons. The summed E-state index contributed by atoms with van der Waals surface area (Å²) < 4.78 is 0. The standard InChI is InChI=1S/2C22H25.C2H6Si.2ClH.Zr/c2*1-3-4-5-6-8-18-11-13-19(14-12-18)21-10-7-9-20-15-17(2)16-22(20)21;1-3-2;;;/h2*7,9-16H,3-6,8H2,1-2H3;1-2H3;2*1H;/q2*-1;;;;+4/p-2. The average molecular weight is 799 g/mol. The van der Waals surface area contributed by atoms with E-state index in [1.165, 1.54) is 130 Å². The zero-order chi connectivity index (χ0) is 36.1. The van der Waals surface area contributed by atoms with Gasteiger partial charge in [0, 0.05) is 9.52 Å². The molecule has 0 spiro atoms. The first kappa shape index (κ1) is 42.2. The monoisotopic (exact) mass is 796 g/mol. The van der Waals surface area contributed by atoms with Crippen molar-refractivity contribution < 1.29 is 20.8 Å². The Hall–Kier alpha value is -2.22. The first-order valence-corrected chi connectivity index (χ1v) is 26.8. The summed E-state index contributed by atoms with van der Waals surface area (Å²) in [5.74, 6) is 0. The van der Waals surface area contributed by atoms with E-state index in [0.717, 1.165) is 9.52 Å². The van der Waals surface area contributed by atoms with E-state index in [1.807, 2.05) is 0 Å². The fraction of sp³-hybridized carbons (Fsp3) is 0.348. The van der Waals surface area contributed by atoms with Gasteiger partial charge in [0.2, 0.25) is 0 Å². The van der Waals surface area contributed by atoms with Crippen LogP contribution >= 0.6 is 17.0 Å². The molecule has 0 saturated carbocycles. The molecule has 0 nitrogen and oxygen atoms in total. The number of unbranched alkanes of at least 4 members (excludes halogenated alkanes) is 6. The summed E-state index contributed by atoms with van der Waals surface area (Å²) in [6, 6.07) is 40.7. The second-order valence-electron chi connectivity index (χ2n) is 13.3. The van der Waals surface area contributed by atoms with Crippen LogP contribution in [0.15, 0.2) is 109 Å². The number of hydrogen-bond donors (Lipinski definition) is 0. The number of rotatable bonds is 12. The van der Waals surface area contributed by atoms with E-state index in [0.29, 0.717) is 0 Å².